The molecule has 1 aromatic carbocycles. The van der Waals surface area contributed by atoms with Crippen molar-refractivity contribution in [1.82, 2.24) is 15.1 Å². The summed E-state index contributed by atoms with van der Waals surface area (Å²) in [5.74, 6) is 0.0222. The fourth-order valence-electron chi connectivity index (χ4n) is 2.13. The van der Waals surface area contributed by atoms with E-state index in [0.29, 0.717) is 6.42 Å². The average molecular weight is 272 g/mol. The minimum Gasteiger partial charge on any atom is -0.377 e. The Morgan fingerprint density at radius 2 is 2.00 bits per heavy atom. The zero-order valence-electron chi connectivity index (χ0n) is 12.1. The fourth-order valence-corrected chi connectivity index (χ4v) is 2.13. The van der Waals surface area contributed by atoms with Crippen LogP contribution in [-0.2, 0) is 18.3 Å². The molecule has 1 amide bonds. The van der Waals surface area contributed by atoms with Gasteiger partial charge in [0.2, 0.25) is 5.91 Å². The van der Waals surface area contributed by atoms with Crippen molar-refractivity contribution >= 4 is 11.6 Å². The summed E-state index contributed by atoms with van der Waals surface area (Å²) in [5.41, 5.74) is 3.15. The molecule has 0 spiro atoms. The molecule has 5 nitrogen and oxygen atoms in total. The third-order valence-electron chi connectivity index (χ3n) is 3.28. The fraction of sp³-hybridized carbons (Fsp3) is 0.333. The summed E-state index contributed by atoms with van der Waals surface area (Å²) in [5, 5.41) is 10.2. The molecule has 1 atom stereocenters. The van der Waals surface area contributed by atoms with Crippen LogP contribution in [0.15, 0.2) is 36.5 Å². The summed E-state index contributed by atoms with van der Waals surface area (Å²) >= 11 is 0. The van der Waals surface area contributed by atoms with Crippen LogP contribution in [0.2, 0.25) is 0 Å². The van der Waals surface area contributed by atoms with E-state index in [1.807, 2.05) is 42.1 Å². The number of carbonyl (C=O) groups is 1. The third-order valence-corrected chi connectivity index (χ3v) is 3.28. The molecule has 0 aliphatic heterocycles. The number of carbonyl (C=O) groups excluding carboxylic acids is 1. The number of nitrogens with one attached hydrogen (secondary N) is 2. The lowest BCUT2D eigenvalue weighted by atomic mass is 10.1. The molecule has 0 radical (unpaired) electrons. The Hall–Kier alpha value is -2.30. The van der Waals surface area contributed by atoms with Crippen molar-refractivity contribution in [3.63, 3.8) is 0 Å². The molecule has 1 heterocycles. The van der Waals surface area contributed by atoms with Gasteiger partial charge in [-0.25, -0.2) is 0 Å². The first-order valence-corrected chi connectivity index (χ1v) is 6.64. The Balaban J connectivity index is 2.00. The van der Waals surface area contributed by atoms with E-state index in [1.165, 1.54) is 0 Å². The number of amides is 1. The standard InChI is InChI=1S/C15H20N4O/c1-11(14-8-9-17-19(14)3)18-13-6-4-12(5-7-13)10-15(20)16-2/h4-9,11,18H,10H2,1-3H3,(H,16,20). The lowest BCUT2D eigenvalue weighted by Crippen LogP contribution is -2.19. The minimum atomic E-state index is 0.0222. The van der Waals surface area contributed by atoms with Gasteiger partial charge in [-0.15, -0.1) is 0 Å². The smallest absolute Gasteiger partial charge is 0.224 e. The number of hydrogen-bond acceptors (Lipinski definition) is 3. The van der Waals surface area contributed by atoms with Gasteiger partial charge < -0.3 is 10.6 Å². The van der Waals surface area contributed by atoms with Crippen molar-refractivity contribution < 1.29 is 4.79 Å². The summed E-state index contributed by atoms with van der Waals surface area (Å²) in [6.45, 7) is 2.09. The van der Waals surface area contributed by atoms with Crippen LogP contribution < -0.4 is 10.6 Å². The van der Waals surface area contributed by atoms with Crippen LogP contribution in [0.4, 0.5) is 5.69 Å². The highest BCUT2D eigenvalue weighted by molar-refractivity contribution is 5.78. The van der Waals surface area contributed by atoms with Crippen LogP contribution in [0.25, 0.3) is 0 Å². The predicted octanol–water partition coefficient (Wildman–Crippen LogP) is 1.88. The first-order valence-electron chi connectivity index (χ1n) is 6.64. The maximum atomic E-state index is 11.3. The van der Waals surface area contributed by atoms with E-state index in [0.717, 1.165) is 16.9 Å². The van der Waals surface area contributed by atoms with Gasteiger partial charge >= 0.3 is 0 Å². The Morgan fingerprint density at radius 1 is 1.30 bits per heavy atom. The monoisotopic (exact) mass is 272 g/mol. The Labute approximate surface area is 119 Å². The highest BCUT2D eigenvalue weighted by Gasteiger charge is 2.09. The van der Waals surface area contributed by atoms with Gasteiger partial charge in [0.25, 0.3) is 0 Å². The van der Waals surface area contributed by atoms with E-state index >= 15 is 0 Å². The van der Waals surface area contributed by atoms with Crippen molar-refractivity contribution in [2.24, 2.45) is 7.05 Å². The molecule has 2 rings (SSSR count). The van der Waals surface area contributed by atoms with Crippen molar-refractivity contribution in [2.75, 3.05) is 12.4 Å². The first-order chi connectivity index (χ1) is 9.60. The van der Waals surface area contributed by atoms with Gasteiger partial charge in [0.15, 0.2) is 0 Å². The molecular weight excluding hydrogens is 252 g/mol. The molecule has 0 bridgehead atoms. The van der Waals surface area contributed by atoms with E-state index in [-0.39, 0.29) is 11.9 Å². The summed E-state index contributed by atoms with van der Waals surface area (Å²) in [6, 6.07) is 10.1. The molecule has 5 heteroatoms. The average Bonchev–Trinajstić information content (AvgIpc) is 2.87. The SMILES string of the molecule is CNC(=O)Cc1ccc(NC(C)c2ccnn2C)cc1. The second-order valence-corrected chi connectivity index (χ2v) is 4.79. The molecule has 2 N–H and O–H groups in total. The summed E-state index contributed by atoms with van der Waals surface area (Å²) < 4.78 is 1.86. The molecule has 0 aliphatic rings. The van der Waals surface area contributed by atoms with Gasteiger partial charge in [-0.2, -0.15) is 5.10 Å². The molecule has 1 aromatic heterocycles. The topological polar surface area (TPSA) is 59.0 Å². The van der Waals surface area contributed by atoms with Gasteiger partial charge in [0.1, 0.15) is 0 Å². The van der Waals surface area contributed by atoms with Gasteiger partial charge in [0, 0.05) is 26.0 Å². The van der Waals surface area contributed by atoms with E-state index in [2.05, 4.69) is 22.7 Å². The number of aromatic nitrogens is 2. The molecule has 20 heavy (non-hydrogen) atoms. The number of rotatable bonds is 5. The first kappa shape index (κ1) is 14.1. The van der Waals surface area contributed by atoms with Crippen molar-refractivity contribution in [1.29, 1.82) is 0 Å². The number of likely N-dealkylation sites (N-methyl/N-ethyl adjacent to an activating group) is 1. The highest BCUT2D eigenvalue weighted by Crippen LogP contribution is 2.19. The maximum absolute atomic E-state index is 11.3. The second kappa shape index (κ2) is 6.23. The normalized spacial score (nSPS) is 11.9. The van der Waals surface area contributed by atoms with Crippen molar-refractivity contribution in [2.45, 2.75) is 19.4 Å². The number of anilines is 1. The molecule has 0 aliphatic carbocycles. The van der Waals surface area contributed by atoms with Crippen LogP contribution in [0.5, 0.6) is 0 Å². The lowest BCUT2D eigenvalue weighted by Gasteiger charge is -2.15. The molecule has 0 saturated heterocycles. The summed E-state index contributed by atoms with van der Waals surface area (Å²) in [4.78, 5) is 11.3. The van der Waals surface area contributed by atoms with Gasteiger partial charge in [0.05, 0.1) is 18.2 Å². The van der Waals surface area contributed by atoms with Crippen LogP contribution in [-0.4, -0.2) is 22.7 Å². The maximum Gasteiger partial charge on any atom is 0.224 e. The van der Waals surface area contributed by atoms with E-state index in [4.69, 9.17) is 0 Å². The van der Waals surface area contributed by atoms with Gasteiger partial charge in [-0.3, -0.25) is 9.48 Å². The molecule has 1 unspecified atom stereocenters. The van der Waals surface area contributed by atoms with E-state index in [9.17, 15) is 4.79 Å². The van der Waals surface area contributed by atoms with Crippen molar-refractivity contribution in [3.8, 4) is 0 Å². The zero-order chi connectivity index (χ0) is 14.5. The number of nitrogens with zero attached hydrogens (tertiary/aromatic N) is 2. The number of hydrogen-bond donors (Lipinski definition) is 2. The van der Waals surface area contributed by atoms with Crippen LogP contribution in [0.3, 0.4) is 0 Å². The zero-order valence-corrected chi connectivity index (χ0v) is 12.1. The molecule has 0 fully saturated rings. The molecule has 0 saturated carbocycles. The molecular formula is C15H20N4O. The highest BCUT2D eigenvalue weighted by atomic mass is 16.1. The van der Waals surface area contributed by atoms with Crippen molar-refractivity contribution in [3.05, 3.63) is 47.8 Å². The van der Waals surface area contributed by atoms with Crippen LogP contribution in [0, 0.1) is 0 Å². The molecule has 106 valence electrons. The quantitative estimate of drug-likeness (QED) is 0.873. The van der Waals surface area contributed by atoms with Gasteiger partial charge in [-0.05, 0) is 30.7 Å². The van der Waals surface area contributed by atoms with Crippen LogP contribution >= 0.6 is 0 Å². The Kier molecular flexibility index (Phi) is 4.40. The largest absolute Gasteiger partial charge is 0.377 e. The number of aryl methyl sites for hydroxylation is 1. The summed E-state index contributed by atoms with van der Waals surface area (Å²) in [7, 11) is 3.58. The Morgan fingerprint density at radius 3 is 2.55 bits per heavy atom. The minimum absolute atomic E-state index is 0.0222. The van der Waals surface area contributed by atoms with E-state index in [1.54, 1.807) is 13.2 Å². The lowest BCUT2D eigenvalue weighted by molar-refractivity contribution is -0.119. The third kappa shape index (κ3) is 3.38. The summed E-state index contributed by atoms with van der Waals surface area (Å²) in [6.07, 6.45) is 2.20. The predicted molar refractivity (Wildman–Crippen MR) is 79.5 cm³/mol. The van der Waals surface area contributed by atoms with Crippen LogP contribution in [0.1, 0.15) is 24.2 Å². The Bertz CT molecular complexity index is 574. The number of benzene rings is 1. The van der Waals surface area contributed by atoms with E-state index < -0.39 is 0 Å². The molecule has 2 aromatic rings. The van der Waals surface area contributed by atoms with Gasteiger partial charge in [-0.1, -0.05) is 12.1 Å². The second-order valence-electron chi connectivity index (χ2n) is 4.79.